The summed E-state index contributed by atoms with van der Waals surface area (Å²) in [7, 11) is 0. The Labute approximate surface area is 246 Å². The summed E-state index contributed by atoms with van der Waals surface area (Å²) in [5.74, 6) is 0.945. The number of hydrogen-bond acceptors (Lipinski definition) is 10. The Hall–Kier alpha value is -6.30. The minimum atomic E-state index is -1.57. The normalized spacial score (nSPS) is 13.8. The molecule has 0 aromatic heterocycles. The molecular formula is C32H19NO11. The summed E-state index contributed by atoms with van der Waals surface area (Å²) < 4.78 is 32.4. The molecule has 44 heavy (non-hydrogen) atoms. The highest BCUT2D eigenvalue weighted by molar-refractivity contribution is 6.35. The molecule has 1 aliphatic rings. The van der Waals surface area contributed by atoms with Crippen molar-refractivity contribution in [1.29, 1.82) is 0 Å². The van der Waals surface area contributed by atoms with Crippen molar-refractivity contribution in [2.75, 3.05) is 6.61 Å². The Balaban J connectivity index is 1.47. The van der Waals surface area contributed by atoms with Gasteiger partial charge >= 0.3 is 24.5 Å². The molecular weight excluding hydrogens is 574 g/mol. The van der Waals surface area contributed by atoms with Crippen LogP contribution in [0.4, 0.5) is 20.1 Å². The number of benzene rings is 6. The van der Waals surface area contributed by atoms with Crippen LogP contribution in [-0.2, 0) is 4.74 Å². The summed E-state index contributed by atoms with van der Waals surface area (Å²) >= 11 is 0. The van der Waals surface area contributed by atoms with Crippen molar-refractivity contribution in [2.45, 2.75) is 6.92 Å². The van der Waals surface area contributed by atoms with Gasteiger partial charge in [0.15, 0.2) is 0 Å². The summed E-state index contributed by atoms with van der Waals surface area (Å²) in [6.07, 6.45) is -4.55. The van der Waals surface area contributed by atoms with Crippen LogP contribution >= 0.6 is 0 Å². The maximum atomic E-state index is 12.7. The number of nitrogens with zero attached hydrogens (tertiary/aromatic N) is 1. The van der Waals surface area contributed by atoms with Crippen molar-refractivity contribution in [3.05, 3.63) is 72.8 Å². The van der Waals surface area contributed by atoms with E-state index in [9.17, 15) is 24.6 Å². The first-order valence-corrected chi connectivity index (χ1v) is 13.2. The van der Waals surface area contributed by atoms with E-state index in [1.54, 1.807) is 60.7 Å². The summed E-state index contributed by atoms with van der Waals surface area (Å²) in [6, 6.07) is 19.8. The zero-order valence-corrected chi connectivity index (χ0v) is 22.7. The molecule has 6 aromatic rings. The Morgan fingerprint density at radius 1 is 0.659 bits per heavy atom. The number of fused-ring (bicyclic) bond motifs is 2. The maximum Gasteiger partial charge on any atom is 0.523 e. The first-order valence-electron chi connectivity index (χ1n) is 13.2. The molecule has 6 aromatic carbocycles. The molecule has 0 amide bonds. The third-order valence-corrected chi connectivity index (χ3v) is 7.07. The van der Waals surface area contributed by atoms with E-state index in [4.69, 9.17) is 28.4 Å². The third-order valence-electron chi connectivity index (χ3n) is 7.07. The van der Waals surface area contributed by atoms with Gasteiger partial charge < -0.3 is 38.6 Å². The summed E-state index contributed by atoms with van der Waals surface area (Å²) in [5.41, 5.74) is 0.444. The van der Waals surface area contributed by atoms with E-state index in [1.807, 2.05) is 6.92 Å². The lowest BCUT2D eigenvalue weighted by atomic mass is 9.88. The molecule has 0 radical (unpaired) electrons. The monoisotopic (exact) mass is 593 g/mol. The van der Waals surface area contributed by atoms with Gasteiger partial charge in [-0.1, -0.05) is 0 Å². The Bertz CT molecular complexity index is 2120. The highest BCUT2D eigenvalue weighted by Crippen LogP contribution is 2.49. The van der Waals surface area contributed by atoms with Gasteiger partial charge in [-0.05, 0) is 101 Å². The van der Waals surface area contributed by atoms with Gasteiger partial charge in [-0.25, -0.2) is 14.4 Å². The number of rotatable bonds is 5. The molecule has 0 bridgehead atoms. The van der Waals surface area contributed by atoms with Crippen LogP contribution in [0.25, 0.3) is 43.1 Å². The predicted molar refractivity (Wildman–Crippen MR) is 157 cm³/mol. The molecule has 218 valence electrons. The largest absolute Gasteiger partial charge is 0.523 e. The highest BCUT2D eigenvalue weighted by Gasteiger charge is 2.27. The van der Waals surface area contributed by atoms with Crippen LogP contribution in [-0.4, -0.2) is 41.4 Å². The second kappa shape index (κ2) is 10.2. The fourth-order valence-corrected chi connectivity index (χ4v) is 5.52. The Morgan fingerprint density at radius 2 is 1.18 bits per heavy atom. The molecule has 12 heteroatoms. The summed E-state index contributed by atoms with van der Waals surface area (Å²) in [5, 5.41) is 23.1. The molecule has 12 nitrogen and oxygen atoms in total. The number of cyclic esters (lactones) is 1. The molecule has 0 fully saturated rings. The highest BCUT2D eigenvalue weighted by atomic mass is 16.8. The number of carboxylic acid groups (broad SMARTS) is 2. The van der Waals surface area contributed by atoms with Crippen molar-refractivity contribution in [3.63, 3.8) is 0 Å². The van der Waals surface area contributed by atoms with E-state index in [0.29, 0.717) is 61.5 Å². The van der Waals surface area contributed by atoms with Gasteiger partial charge in [0.05, 0.1) is 23.1 Å². The first-order chi connectivity index (χ1) is 21.3. The van der Waals surface area contributed by atoms with Crippen molar-refractivity contribution >= 4 is 73.3 Å². The lowest BCUT2D eigenvalue weighted by molar-refractivity contribution is 0.135. The number of hydrogen-bond donors (Lipinski definition) is 2. The molecule has 0 unspecified atom stereocenters. The van der Waals surface area contributed by atoms with Crippen molar-refractivity contribution < 1.29 is 53.0 Å². The van der Waals surface area contributed by atoms with Crippen molar-refractivity contribution in [1.82, 2.24) is 0 Å². The molecule has 0 spiro atoms. The van der Waals surface area contributed by atoms with E-state index < -0.39 is 18.5 Å². The zero-order valence-electron chi connectivity index (χ0n) is 22.7. The minimum Gasteiger partial charge on any atom is -0.494 e. The zero-order chi connectivity index (χ0) is 30.5. The molecule has 1 aliphatic heterocycles. The standard InChI is InChI=1S/C32H19NO11/c1-2-39-16-5-3-15(4-6-16)33-29-40-21-11-7-17-18-8-12-22(41-30(34)35)28-23(42-31(36)37)13-9-19(26(18)28)20-10-14-24(27(21)25(17)20)43-32(38)44-29/h3-14H,2H2,1H3,(H,34,35)(H,36,37). The lowest BCUT2D eigenvalue weighted by Gasteiger charge is -2.21. The van der Waals surface area contributed by atoms with E-state index in [1.165, 1.54) is 12.1 Å². The lowest BCUT2D eigenvalue weighted by Crippen LogP contribution is -2.23. The maximum absolute atomic E-state index is 12.7. The first kappa shape index (κ1) is 26.6. The molecule has 0 saturated heterocycles. The molecule has 1 heterocycles. The molecule has 2 N–H and O–H groups in total. The fraction of sp³-hybridized carbons (Fsp3) is 0.0625. The Morgan fingerprint density at radius 3 is 1.73 bits per heavy atom. The van der Waals surface area contributed by atoms with E-state index >= 15 is 0 Å². The average molecular weight is 594 g/mol. The minimum absolute atomic E-state index is 0.0961. The van der Waals surface area contributed by atoms with Gasteiger partial charge in [0.2, 0.25) is 0 Å². The average Bonchev–Trinajstić information content (AvgIpc) is 2.97. The molecule has 7 rings (SSSR count). The fourth-order valence-electron chi connectivity index (χ4n) is 5.52. The van der Waals surface area contributed by atoms with Crippen molar-refractivity contribution in [2.24, 2.45) is 4.99 Å². The van der Waals surface area contributed by atoms with Gasteiger partial charge in [-0.15, -0.1) is 0 Å². The van der Waals surface area contributed by atoms with Gasteiger partial charge in [-0.3, -0.25) is 0 Å². The number of ether oxygens (including phenoxy) is 6. The summed E-state index contributed by atoms with van der Waals surface area (Å²) in [4.78, 5) is 40.0. The molecule has 0 saturated carbocycles. The van der Waals surface area contributed by atoms with Crippen LogP contribution in [0.15, 0.2) is 77.8 Å². The van der Waals surface area contributed by atoms with Crippen molar-refractivity contribution in [3.8, 4) is 28.7 Å². The molecule has 0 atom stereocenters. The van der Waals surface area contributed by atoms with E-state index in [-0.39, 0.29) is 28.7 Å². The smallest absolute Gasteiger partial charge is 0.494 e. The van der Waals surface area contributed by atoms with Crippen LogP contribution in [0.5, 0.6) is 28.7 Å². The second-order valence-electron chi connectivity index (χ2n) is 9.54. The van der Waals surface area contributed by atoms with Crippen LogP contribution in [0.3, 0.4) is 0 Å². The van der Waals surface area contributed by atoms with Gasteiger partial charge in [-0.2, -0.15) is 4.99 Å². The molecule has 0 aliphatic carbocycles. The van der Waals surface area contributed by atoms with Gasteiger partial charge in [0, 0.05) is 10.8 Å². The quantitative estimate of drug-likeness (QED) is 0.0867. The van der Waals surface area contributed by atoms with Crippen LogP contribution in [0.2, 0.25) is 0 Å². The number of aliphatic imine (C=N–C) groups is 1. The third kappa shape index (κ3) is 4.41. The summed E-state index contributed by atoms with van der Waals surface area (Å²) in [6.45, 7) is 2.38. The topological polar surface area (TPSA) is 159 Å². The second-order valence-corrected chi connectivity index (χ2v) is 9.54. The van der Waals surface area contributed by atoms with Crippen LogP contribution < -0.4 is 23.7 Å². The SMILES string of the molecule is CCOc1ccc(N=C2OC(=O)Oc3ccc4c5ccc(OC(=O)O)c6c(OC(=O)O)ccc(c7ccc(c3c47)O2)c65)cc1. The predicted octanol–water partition coefficient (Wildman–Crippen LogP) is 7.85. The van der Waals surface area contributed by atoms with Gasteiger partial charge in [0.25, 0.3) is 0 Å². The van der Waals surface area contributed by atoms with Crippen LogP contribution in [0, 0.1) is 0 Å². The number of carbonyl (C=O) groups excluding carboxylic acids is 1. The van der Waals surface area contributed by atoms with E-state index in [0.717, 1.165) is 0 Å². The number of carbonyl (C=O) groups is 3. The van der Waals surface area contributed by atoms with Gasteiger partial charge in [0.1, 0.15) is 28.7 Å². The van der Waals surface area contributed by atoms with Crippen LogP contribution in [0.1, 0.15) is 6.92 Å². The Kier molecular flexibility index (Phi) is 6.17. The van der Waals surface area contributed by atoms with E-state index in [2.05, 4.69) is 4.99 Å².